The van der Waals surface area contributed by atoms with Gasteiger partial charge in [0.2, 0.25) is 5.91 Å². The third-order valence-corrected chi connectivity index (χ3v) is 6.11. The van der Waals surface area contributed by atoms with Crippen LogP contribution in [0.25, 0.3) is 0 Å². The van der Waals surface area contributed by atoms with Crippen molar-refractivity contribution in [3.63, 3.8) is 0 Å². The average Bonchev–Trinajstić information content (AvgIpc) is 3.16. The Kier molecular flexibility index (Phi) is 5.98. The van der Waals surface area contributed by atoms with Gasteiger partial charge in [0.15, 0.2) is 0 Å². The van der Waals surface area contributed by atoms with Crippen molar-refractivity contribution in [3.05, 3.63) is 0 Å². The molecule has 136 valence electrons. The Bertz CT molecular complexity index is 434. The molecule has 0 bridgehead atoms. The van der Waals surface area contributed by atoms with Crippen molar-refractivity contribution < 1.29 is 9.59 Å². The largest absolute Gasteiger partial charge is 0.359 e. The average molecular weight is 336 g/mol. The highest BCUT2D eigenvalue weighted by molar-refractivity contribution is 5.78. The van der Waals surface area contributed by atoms with Crippen LogP contribution < -0.4 is 10.6 Å². The van der Waals surface area contributed by atoms with E-state index >= 15 is 0 Å². The van der Waals surface area contributed by atoms with Crippen molar-refractivity contribution >= 4 is 11.9 Å². The van der Waals surface area contributed by atoms with Crippen molar-refractivity contribution in [1.29, 1.82) is 0 Å². The molecule has 24 heavy (non-hydrogen) atoms. The van der Waals surface area contributed by atoms with Gasteiger partial charge in [-0.3, -0.25) is 9.69 Å². The van der Waals surface area contributed by atoms with Gasteiger partial charge in [0.1, 0.15) is 0 Å². The summed E-state index contributed by atoms with van der Waals surface area (Å²) in [7, 11) is 1.70. The number of hydrogen-bond donors (Lipinski definition) is 2. The lowest BCUT2D eigenvalue weighted by Crippen LogP contribution is -2.55. The third kappa shape index (κ3) is 4.21. The van der Waals surface area contributed by atoms with Gasteiger partial charge in [-0.1, -0.05) is 12.8 Å². The first-order valence-corrected chi connectivity index (χ1v) is 9.68. The van der Waals surface area contributed by atoms with Crippen LogP contribution in [0.4, 0.5) is 4.79 Å². The Morgan fingerprint density at radius 2 is 1.50 bits per heavy atom. The molecular formula is C18H32N4O2. The first-order chi connectivity index (χ1) is 11.7. The molecule has 0 atom stereocenters. The molecule has 3 amide bonds. The van der Waals surface area contributed by atoms with E-state index in [-0.39, 0.29) is 23.9 Å². The molecule has 6 nitrogen and oxygen atoms in total. The number of urea groups is 1. The summed E-state index contributed by atoms with van der Waals surface area (Å²) in [6, 6.07) is 1.07. The summed E-state index contributed by atoms with van der Waals surface area (Å²) in [5, 5.41) is 5.92. The second-order valence-corrected chi connectivity index (χ2v) is 7.57. The molecule has 0 aromatic carbocycles. The zero-order valence-corrected chi connectivity index (χ0v) is 14.9. The molecule has 0 radical (unpaired) electrons. The van der Waals surface area contributed by atoms with Crippen LogP contribution >= 0.6 is 0 Å². The molecule has 0 aromatic rings. The van der Waals surface area contributed by atoms with Gasteiger partial charge in [-0.2, -0.15) is 0 Å². The van der Waals surface area contributed by atoms with E-state index < -0.39 is 0 Å². The maximum atomic E-state index is 12.5. The van der Waals surface area contributed by atoms with Crippen LogP contribution in [-0.4, -0.2) is 67.0 Å². The Hall–Kier alpha value is -1.30. The van der Waals surface area contributed by atoms with Gasteiger partial charge in [-0.25, -0.2) is 4.79 Å². The Morgan fingerprint density at radius 3 is 2.08 bits per heavy atom. The molecular weight excluding hydrogens is 304 g/mol. The number of nitrogens with one attached hydrogen (secondary N) is 2. The molecule has 0 spiro atoms. The number of rotatable bonds is 3. The lowest BCUT2D eigenvalue weighted by Gasteiger charge is -2.39. The van der Waals surface area contributed by atoms with Crippen molar-refractivity contribution in [1.82, 2.24) is 20.4 Å². The van der Waals surface area contributed by atoms with Crippen LogP contribution in [0, 0.1) is 5.92 Å². The standard InChI is InChI=1S/C18H32N4O2/c1-19-17(23)14-6-8-15(9-7-14)20-18(24)22-12-10-21(11-13-22)16-4-2-3-5-16/h14-16H,2-13H2,1H3,(H,19,23)(H,20,24). The summed E-state index contributed by atoms with van der Waals surface area (Å²) in [5.41, 5.74) is 0. The van der Waals surface area contributed by atoms with Gasteiger partial charge in [0.05, 0.1) is 0 Å². The summed E-state index contributed by atoms with van der Waals surface area (Å²) in [6.07, 6.45) is 8.97. The quantitative estimate of drug-likeness (QED) is 0.822. The predicted octanol–water partition coefficient (Wildman–Crippen LogP) is 1.56. The molecule has 0 aromatic heterocycles. The number of nitrogens with zero attached hydrogens (tertiary/aromatic N) is 2. The number of piperazine rings is 1. The second kappa shape index (κ2) is 8.19. The normalized spacial score (nSPS) is 29.5. The number of hydrogen-bond acceptors (Lipinski definition) is 3. The highest BCUT2D eigenvalue weighted by atomic mass is 16.2. The van der Waals surface area contributed by atoms with Crippen LogP contribution in [0.15, 0.2) is 0 Å². The summed E-state index contributed by atoms with van der Waals surface area (Å²) >= 11 is 0. The molecule has 6 heteroatoms. The fourth-order valence-corrected chi connectivity index (χ4v) is 4.53. The highest BCUT2D eigenvalue weighted by Crippen LogP contribution is 2.26. The van der Waals surface area contributed by atoms with E-state index in [2.05, 4.69) is 15.5 Å². The van der Waals surface area contributed by atoms with Crippen molar-refractivity contribution in [2.45, 2.75) is 63.5 Å². The van der Waals surface area contributed by atoms with E-state index in [0.29, 0.717) is 0 Å². The van der Waals surface area contributed by atoms with Gasteiger partial charge < -0.3 is 15.5 Å². The molecule has 1 saturated heterocycles. The van der Waals surface area contributed by atoms with Gasteiger partial charge in [0.25, 0.3) is 0 Å². The van der Waals surface area contributed by atoms with E-state index in [9.17, 15) is 9.59 Å². The minimum atomic E-state index is 0.0875. The fourth-order valence-electron chi connectivity index (χ4n) is 4.53. The topological polar surface area (TPSA) is 64.7 Å². The monoisotopic (exact) mass is 336 g/mol. The van der Waals surface area contributed by atoms with E-state index in [1.54, 1.807) is 7.05 Å². The summed E-state index contributed by atoms with van der Waals surface area (Å²) < 4.78 is 0. The first kappa shape index (κ1) is 17.5. The van der Waals surface area contributed by atoms with Crippen molar-refractivity contribution in [3.8, 4) is 0 Å². The second-order valence-electron chi connectivity index (χ2n) is 7.57. The lowest BCUT2D eigenvalue weighted by atomic mass is 9.85. The zero-order valence-electron chi connectivity index (χ0n) is 14.9. The predicted molar refractivity (Wildman–Crippen MR) is 93.7 cm³/mol. The zero-order chi connectivity index (χ0) is 16.9. The van der Waals surface area contributed by atoms with E-state index in [1.165, 1.54) is 25.7 Å². The Morgan fingerprint density at radius 1 is 0.875 bits per heavy atom. The highest BCUT2D eigenvalue weighted by Gasteiger charge is 2.30. The smallest absolute Gasteiger partial charge is 0.317 e. The minimum Gasteiger partial charge on any atom is -0.359 e. The van der Waals surface area contributed by atoms with Gasteiger partial charge >= 0.3 is 6.03 Å². The van der Waals surface area contributed by atoms with Gasteiger partial charge in [0, 0.05) is 51.2 Å². The maximum Gasteiger partial charge on any atom is 0.317 e. The molecule has 1 aliphatic heterocycles. The van der Waals surface area contributed by atoms with Gasteiger partial charge in [-0.05, 0) is 38.5 Å². The van der Waals surface area contributed by atoms with Crippen LogP contribution in [0.1, 0.15) is 51.4 Å². The molecule has 1 heterocycles. The summed E-state index contributed by atoms with van der Waals surface area (Å²) in [6.45, 7) is 3.72. The molecule has 2 aliphatic carbocycles. The van der Waals surface area contributed by atoms with Crippen molar-refractivity contribution in [2.24, 2.45) is 5.92 Å². The number of amides is 3. The van der Waals surface area contributed by atoms with Crippen LogP contribution in [-0.2, 0) is 4.79 Å². The van der Waals surface area contributed by atoms with Crippen molar-refractivity contribution in [2.75, 3.05) is 33.2 Å². The number of carbonyl (C=O) groups excluding carboxylic acids is 2. The fraction of sp³-hybridized carbons (Fsp3) is 0.889. The van der Waals surface area contributed by atoms with Crippen LogP contribution in [0.3, 0.4) is 0 Å². The molecule has 3 fully saturated rings. The molecule has 2 N–H and O–H groups in total. The minimum absolute atomic E-state index is 0.0875. The Balaban J connectivity index is 1.38. The lowest BCUT2D eigenvalue weighted by molar-refractivity contribution is -0.125. The number of carbonyl (C=O) groups is 2. The molecule has 3 rings (SSSR count). The summed E-state index contributed by atoms with van der Waals surface area (Å²) in [4.78, 5) is 28.7. The molecule has 2 saturated carbocycles. The third-order valence-electron chi connectivity index (χ3n) is 6.11. The van der Waals surface area contributed by atoms with Gasteiger partial charge in [-0.15, -0.1) is 0 Å². The first-order valence-electron chi connectivity index (χ1n) is 9.68. The van der Waals surface area contributed by atoms with Crippen LogP contribution in [0.2, 0.25) is 0 Å². The SMILES string of the molecule is CNC(=O)C1CCC(NC(=O)N2CCN(C3CCCC3)CC2)CC1. The Labute approximate surface area is 145 Å². The molecule has 0 unspecified atom stereocenters. The van der Waals surface area contributed by atoms with E-state index in [0.717, 1.165) is 57.9 Å². The van der Waals surface area contributed by atoms with Crippen LogP contribution in [0.5, 0.6) is 0 Å². The molecule has 3 aliphatic rings. The maximum absolute atomic E-state index is 12.5. The summed E-state index contributed by atoms with van der Waals surface area (Å²) in [5.74, 6) is 0.265. The van der Waals surface area contributed by atoms with E-state index in [1.807, 2.05) is 4.90 Å². The van der Waals surface area contributed by atoms with E-state index in [4.69, 9.17) is 0 Å².